The molecule has 0 saturated heterocycles. The Bertz CT molecular complexity index is 1150. The lowest BCUT2D eigenvalue weighted by Gasteiger charge is -2.32. The van der Waals surface area contributed by atoms with Crippen LogP contribution in [0.4, 0.5) is 17.1 Å². The first-order valence-corrected chi connectivity index (χ1v) is 10.2. The number of para-hydroxylation sites is 1. The van der Waals surface area contributed by atoms with E-state index in [0.29, 0.717) is 27.5 Å². The molecule has 3 aromatic rings. The summed E-state index contributed by atoms with van der Waals surface area (Å²) in [7, 11) is 0. The Balaban J connectivity index is 1.56. The number of hydrogen-bond donors (Lipinski definition) is 2. The van der Waals surface area contributed by atoms with Crippen molar-refractivity contribution in [2.45, 2.75) is 13.0 Å². The molecule has 1 atom stereocenters. The number of amides is 3. The SMILES string of the molecule is CC1Oc2ccc(NC(=O)c3ccc(Br)o3)cc2N(CC(=O)Nc2ccccc2)C1=O. The molecule has 4 rings (SSSR count). The molecule has 1 aliphatic rings. The van der Waals surface area contributed by atoms with Gasteiger partial charge in [-0.2, -0.15) is 0 Å². The molecule has 2 heterocycles. The fraction of sp³-hybridized carbons (Fsp3) is 0.136. The topological polar surface area (TPSA) is 101 Å². The summed E-state index contributed by atoms with van der Waals surface area (Å²) in [5.74, 6) is -0.581. The van der Waals surface area contributed by atoms with Gasteiger partial charge < -0.3 is 19.8 Å². The standard InChI is InChI=1S/C22H18BrN3O5/c1-13-22(29)26(12-20(27)24-14-5-3-2-4-6-14)16-11-15(7-8-17(16)30-13)25-21(28)18-9-10-19(23)31-18/h2-11,13H,12H2,1H3,(H,24,27)(H,25,28). The van der Waals surface area contributed by atoms with Crippen LogP contribution < -0.4 is 20.3 Å². The number of furan rings is 1. The van der Waals surface area contributed by atoms with Crippen LogP contribution in [0, 0.1) is 0 Å². The number of carbonyl (C=O) groups excluding carboxylic acids is 3. The average Bonchev–Trinajstić information content (AvgIpc) is 3.19. The van der Waals surface area contributed by atoms with Gasteiger partial charge in [0.1, 0.15) is 12.3 Å². The smallest absolute Gasteiger partial charge is 0.291 e. The fourth-order valence-electron chi connectivity index (χ4n) is 3.14. The Morgan fingerprint density at radius 3 is 2.52 bits per heavy atom. The van der Waals surface area contributed by atoms with E-state index >= 15 is 0 Å². The van der Waals surface area contributed by atoms with Crippen LogP contribution >= 0.6 is 15.9 Å². The fourth-order valence-corrected chi connectivity index (χ4v) is 3.45. The summed E-state index contributed by atoms with van der Waals surface area (Å²) in [6.07, 6.45) is -0.738. The number of nitrogens with one attached hydrogen (secondary N) is 2. The van der Waals surface area contributed by atoms with Crippen molar-refractivity contribution in [2.24, 2.45) is 0 Å². The first-order valence-electron chi connectivity index (χ1n) is 9.44. The third kappa shape index (κ3) is 4.61. The number of anilines is 3. The monoisotopic (exact) mass is 483 g/mol. The van der Waals surface area contributed by atoms with Crippen LogP contribution in [0.25, 0.3) is 0 Å². The molecule has 3 amide bonds. The lowest BCUT2D eigenvalue weighted by atomic mass is 10.1. The molecule has 31 heavy (non-hydrogen) atoms. The van der Waals surface area contributed by atoms with Crippen LogP contribution in [0.3, 0.4) is 0 Å². The Morgan fingerprint density at radius 2 is 1.81 bits per heavy atom. The van der Waals surface area contributed by atoms with Crippen molar-refractivity contribution in [1.82, 2.24) is 0 Å². The number of halogens is 1. The second kappa shape index (κ2) is 8.65. The molecule has 0 radical (unpaired) electrons. The predicted molar refractivity (Wildman–Crippen MR) is 118 cm³/mol. The van der Waals surface area contributed by atoms with Gasteiger partial charge >= 0.3 is 0 Å². The maximum atomic E-state index is 12.7. The number of fused-ring (bicyclic) bond motifs is 1. The lowest BCUT2D eigenvalue weighted by molar-refractivity contribution is -0.127. The summed E-state index contributed by atoms with van der Waals surface area (Å²) in [4.78, 5) is 39.0. The molecule has 158 valence electrons. The quantitative estimate of drug-likeness (QED) is 0.569. The van der Waals surface area contributed by atoms with Crippen LogP contribution in [-0.2, 0) is 9.59 Å². The van der Waals surface area contributed by atoms with Crippen molar-refractivity contribution in [3.63, 3.8) is 0 Å². The minimum Gasteiger partial charge on any atom is -0.479 e. The van der Waals surface area contributed by atoms with Crippen LogP contribution in [0.5, 0.6) is 5.75 Å². The molecule has 1 aromatic heterocycles. The molecular weight excluding hydrogens is 466 g/mol. The van der Waals surface area contributed by atoms with Gasteiger partial charge in [0.15, 0.2) is 16.5 Å². The highest BCUT2D eigenvalue weighted by atomic mass is 79.9. The summed E-state index contributed by atoms with van der Waals surface area (Å²) in [5, 5.41) is 5.48. The molecule has 0 saturated carbocycles. The number of nitrogens with zero attached hydrogens (tertiary/aromatic N) is 1. The van der Waals surface area contributed by atoms with Gasteiger partial charge in [-0.05, 0) is 65.3 Å². The lowest BCUT2D eigenvalue weighted by Crippen LogP contribution is -2.47. The van der Waals surface area contributed by atoms with Crippen LogP contribution in [0.1, 0.15) is 17.5 Å². The van der Waals surface area contributed by atoms with Crippen LogP contribution in [0.15, 0.2) is 69.8 Å². The van der Waals surface area contributed by atoms with Gasteiger partial charge in [0.25, 0.3) is 11.8 Å². The molecule has 0 spiro atoms. The van der Waals surface area contributed by atoms with Crippen molar-refractivity contribution < 1.29 is 23.5 Å². The second-order valence-electron chi connectivity index (χ2n) is 6.84. The zero-order chi connectivity index (χ0) is 22.0. The van der Waals surface area contributed by atoms with Crippen LogP contribution in [0.2, 0.25) is 0 Å². The van der Waals surface area contributed by atoms with Gasteiger partial charge in [0, 0.05) is 11.4 Å². The van der Waals surface area contributed by atoms with Gasteiger partial charge in [-0.1, -0.05) is 18.2 Å². The zero-order valence-corrected chi connectivity index (χ0v) is 18.0. The molecule has 9 heteroatoms. The van der Waals surface area contributed by atoms with E-state index in [0.717, 1.165) is 0 Å². The minimum atomic E-state index is -0.738. The minimum absolute atomic E-state index is 0.129. The van der Waals surface area contributed by atoms with E-state index in [2.05, 4.69) is 26.6 Å². The van der Waals surface area contributed by atoms with Crippen LogP contribution in [-0.4, -0.2) is 30.4 Å². The van der Waals surface area contributed by atoms with Crippen molar-refractivity contribution in [3.8, 4) is 5.75 Å². The van der Waals surface area contributed by atoms with E-state index in [1.165, 1.54) is 11.0 Å². The number of carbonyl (C=O) groups is 3. The van der Waals surface area contributed by atoms with E-state index in [4.69, 9.17) is 9.15 Å². The third-order valence-corrected chi connectivity index (χ3v) is 5.01. The van der Waals surface area contributed by atoms with Crippen molar-refractivity contribution in [1.29, 1.82) is 0 Å². The highest BCUT2D eigenvalue weighted by Gasteiger charge is 2.33. The van der Waals surface area contributed by atoms with Gasteiger partial charge in [0.05, 0.1) is 5.69 Å². The summed E-state index contributed by atoms with van der Waals surface area (Å²) >= 11 is 3.16. The largest absolute Gasteiger partial charge is 0.479 e. The molecule has 0 bridgehead atoms. The molecule has 1 aliphatic heterocycles. The summed E-state index contributed by atoms with van der Waals surface area (Å²) in [6, 6.07) is 17.0. The Labute approximate surface area is 186 Å². The summed E-state index contributed by atoms with van der Waals surface area (Å²) < 4.78 is 11.4. The van der Waals surface area contributed by atoms with Gasteiger partial charge in [0.2, 0.25) is 5.91 Å². The number of benzene rings is 2. The Kier molecular flexibility index (Phi) is 5.77. The van der Waals surface area contributed by atoms with E-state index < -0.39 is 12.0 Å². The Morgan fingerprint density at radius 1 is 1.03 bits per heavy atom. The molecule has 0 aliphatic carbocycles. The number of rotatable bonds is 5. The van der Waals surface area contributed by atoms with E-state index in [-0.39, 0.29) is 24.1 Å². The third-order valence-electron chi connectivity index (χ3n) is 4.58. The first kappa shape index (κ1) is 20.7. The second-order valence-corrected chi connectivity index (χ2v) is 7.62. The van der Waals surface area contributed by atoms with E-state index in [1.54, 1.807) is 55.5 Å². The Hall–Kier alpha value is -3.59. The maximum Gasteiger partial charge on any atom is 0.291 e. The molecule has 2 aromatic carbocycles. The van der Waals surface area contributed by atoms with Gasteiger partial charge in [-0.15, -0.1) is 0 Å². The van der Waals surface area contributed by atoms with Gasteiger partial charge in [-0.25, -0.2) is 0 Å². The molecule has 8 nitrogen and oxygen atoms in total. The molecular formula is C22H18BrN3O5. The highest BCUT2D eigenvalue weighted by Crippen LogP contribution is 2.36. The van der Waals surface area contributed by atoms with Crippen molar-refractivity contribution in [3.05, 3.63) is 71.1 Å². The highest BCUT2D eigenvalue weighted by molar-refractivity contribution is 9.10. The van der Waals surface area contributed by atoms with E-state index in [1.807, 2.05) is 6.07 Å². The summed E-state index contributed by atoms with van der Waals surface area (Å²) in [6.45, 7) is 1.43. The van der Waals surface area contributed by atoms with Crippen molar-refractivity contribution >= 4 is 50.7 Å². The molecule has 2 N–H and O–H groups in total. The zero-order valence-electron chi connectivity index (χ0n) is 16.4. The van der Waals surface area contributed by atoms with Gasteiger partial charge in [-0.3, -0.25) is 19.3 Å². The number of ether oxygens (including phenoxy) is 1. The normalized spacial score (nSPS) is 15.1. The predicted octanol–water partition coefficient (Wildman–Crippen LogP) is 4.05. The van der Waals surface area contributed by atoms with Crippen molar-refractivity contribution in [2.75, 3.05) is 22.1 Å². The number of hydrogen-bond acceptors (Lipinski definition) is 5. The molecule has 0 fully saturated rings. The summed E-state index contributed by atoms with van der Waals surface area (Å²) in [5.41, 5.74) is 1.45. The maximum absolute atomic E-state index is 12.7. The average molecular weight is 484 g/mol. The first-order chi connectivity index (χ1) is 14.9. The molecule has 1 unspecified atom stereocenters. The van der Waals surface area contributed by atoms with E-state index in [9.17, 15) is 14.4 Å².